The number of anilines is 1. The number of amides is 1. The molecule has 0 spiro atoms. The van der Waals surface area contributed by atoms with Crippen LogP contribution in [0.5, 0.6) is 5.75 Å². The first-order valence-corrected chi connectivity index (χ1v) is 7.35. The normalized spacial score (nSPS) is 10.2. The number of non-ortho nitro benzene ring substituents is 1. The van der Waals surface area contributed by atoms with Crippen LogP contribution in [0.4, 0.5) is 15.8 Å². The number of nitro benzene ring substituents is 1. The first kappa shape index (κ1) is 17.2. The minimum atomic E-state index is -0.599. The molecule has 0 heterocycles. The van der Waals surface area contributed by atoms with Gasteiger partial charge in [0.2, 0.25) is 0 Å². The number of hydrogen-bond acceptors (Lipinski definition) is 4. The number of ether oxygens (including phenoxy) is 1. The highest BCUT2D eigenvalue weighted by molar-refractivity contribution is 9.10. The molecule has 23 heavy (non-hydrogen) atoms. The highest BCUT2D eigenvalue weighted by Crippen LogP contribution is 2.27. The Morgan fingerprint density at radius 2 is 2.09 bits per heavy atom. The Balaban J connectivity index is 2.02. The van der Waals surface area contributed by atoms with Crippen molar-refractivity contribution in [1.29, 1.82) is 0 Å². The quantitative estimate of drug-likeness (QED) is 0.600. The van der Waals surface area contributed by atoms with Crippen molar-refractivity contribution in [3.05, 3.63) is 61.8 Å². The minimum absolute atomic E-state index is 0.104. The number of hydrogen-bond donors (Lipinski definition) is 1. The largest absolute Gasteiger partial charge is 0.483 e. The lowest BCUT2D eigenvalue weighted by atomic mass is 10.3. The molecule has 0 atom stereocenters. The van der Waals surface area contributed by atoms with Crippen molar-refractivity contribution in [1.82, 2.24) is 0 Å². The van der Waals surface area contributed by atoms with Crippen LogP contribution in [-0.4, -0.2) is 17.4 Å². The summed E-state index contributed by atoms with van der Waals surface area (Å²) in [6.07, 6.45) is 0. The average molecular weight is 404 g/mol. The molecule has 0 aliphatic heterocycles. The van der Waals surface area contributed by atoms with Gasteiger partial charge >= 0.3 is 0 Å². The summed E-state index contributed by atoms with van der Waals surface area (Å²) in [4.78, 5) is 22.0. The van der Waals surface area contributed by atoms with Crippen molar-refractivity contribution in [2.45, 2.75) is 0 Å². The summed E-state index contributed by atoms with van der Waals surface area (Å²) >= 11 is 8.99. The van der Waals surface area contributed by atoms with Crippen LogP contribution in [-0.2, 0) is 4.79 Å². The second-order valence-electron chi connectivity index (χ2n) is 4.33. The van der Waals surface area contributed by atoms with Crippen LogP contribution in [0, 0.1) is 15.9 Å². The van der Waals surface area contributed by atoms with E-state index < -0.39 is 16.6 Å². The van der Waals surface area contributed by atoms with Crippen LogP contribution in [0.25, 0.3) is 0 Å². The summed E-state index contributed by atoms with van der Waals surface area (Å²) in [5.41, 5.74) is -0.0977. The van der Waals surface area contributed by atoms with E-state index in [-0.39, 0.29) is 28.8 Å². The highest BCUT2D eigenvalue weighted by atomic mass is 79.9. The number of carbonyl (C=O) groups excluding carboxylic acids is 1. The molecule has 0 saturated heterocycles. The van der Waals surface area contributed by atoms with Gasteiger partial charge < -0.3 is 10.1 Å². The molecule has 0 bridgehead atoms. The number of carbonyl (C=O) groups is 1. The molecule has 1 N–H and O–H groups in total. The van der Waals surface area contributed by atoms with Crippen molar-refractivity contribution in [2.24, 2.45) is 0 Å². The summed E-state index contributed by atoms with van der Waals surface area (Å²) in [6.45, 7) is -0.372. The maximum atomic E-state index is 12.9. The van der Waals surface area contributed by atoms with E-state index in [2.05, 4.69) is 21.2 Å². The van der Waals surface area contributed by atoms with Gasteiger partial charge in [0.25, 0.3) is 11.6 Å². The molecule has 120 valence electrons. The molecule has 0 radical (unpaired) electrons. The molecule has 2 aromatic rings. The SMILES string of the molecule is O=C(COc1ccc(F)cc1Br)Nc1cc([N+](=O)[O-])ccc1Cl. The Bertz CT molecular complexity index is 772. The second kappa shape index (κ2) is 7.38. The molecule has 1 amide bonds. The average Bonchev–Trinajstić information content (AvgIpc) is 2.48. The van der Waals surface area contributed by atoms with Crippen molar-refractivity contribution in [3.63, 3.8) is 0 Å². The van der Waals surface area contributed by atoms with Gasteiger partial charge in [0.1, 0.15) is 11.6 Å². The predicted molar refractivity (Wildman–Crippen MR) is 86.3 cm³/mol. The summed E-state index contributed by atoms with van der Waals surface area (Å²) in [5, 5.41) is 13.3. The Morgan fingerprint density at radius 1 is 1.35 bits per heavy atom. The monoisotopic (exact) mass is 402 g/mol. The zero-order chi connectivity index (χ0) is 17.0. The number of nitrogens with one attached hydrogen (secondary N) is 1. The number of halogens is 3. The van der Waals surface area contributed by atoms with Gasteiger partial charge in [0, 0.05) is 12.1 Å². The van der Waals surface area contributed by atoms with Crippen LogP contribution in [0.15, 0.2) is 40.9 Å². The maximum absolute atomic E-state index is 12.9. The second-order valence-corrected chi connectivity index (χ2v) is 5.59. The predicted octanol–water partition coefficient (Wildman–Crippen LogP) is 4.17. The van der Waals surface area contributed by atoms with Gasteiger partial charge in [-0.2, -0.15) is 0 Å². The first-order valence-electron chi connectivity index (χ1n) is 6.18. The van der Waals surface area contributed by atoms with E-state index in [9.17, 15) is 19.3 Å². The maximum Gasteiger partial charge on any atom is 0.271 e. The fourth-order valence-electron chi connectivity index (χ4n) is 1.64. The van der Waals surface area contributed by atoms with E-state index in [1.165, 1.54) is 30.3 Å². The summed E-state index contributed by atoms with van der Waals surface area (Å²) < 4.78 is 18.5. The third-order valence-electron chi connectivity index (χ3n) is 2.69. The van der Waals surface area contributed by atoms with Crippen molar-refractivity contribution < 1.29 is 18.8 Å². The van der Waals surface area contributed by atoms with Crippen LogP contribution >= 0.6 is 27.5 Å². The van der Waals surface area contributed by atoms with Crippen LogP contribution in [0.3, 0.4) is 0 Å². The zero-order valence-electron chi connectivity index (χ0n) is 11.4. The Morgan fingerprint density at radius 3 is 2.74 bits per heavy atom. The van der Waals surface area contributed by atoms with Crippen LogP contribution in [0.1, 0.15) is 0 Å². The third-order valence-corrected chi connectivity index (χ3v) is 3.64. The first-order chi connectivity index (χ1) is 10.9. The molecule has 2 rings (SSSR count). The molecule has 9 heteroatoms. The molecule has 6 nitrogen and oxygen atoms in total. The zero-order valence-corrected chi connectivity index (χ0v) is 13.7. The van der Waals surface area contributed by atoms with Crippen molar-refractivity contribution in [2.75, 3.05) is 11.9 Å². The van der Waals surface area contributed by atoms with E-state index in [1.807, 2.05) is 0 Å². The lowest BCUT2D eigenvalue weighted by molar-refractivity contribution is -0.384. The Kier molecular flexibility index (Phi) is 5.51. The van der Waals surface area contributed by atoms with Gasteiger partial charge in [-0.05, 0) is 40.2 Å². The number of rotatable bonds is 5. The van der Waals surface area contributed by atoms with E-state index in [1.54, 1.807) is 0 Å². The molecule has 0 aliphatic carbocycles. The smallest absolute Gasteiger partial charge is 0.271 e. The van der Waals surface area contributed by atoms with Gasteiger partial charge in [0.05, 0.1) is 20.1 Å². The molecule has 0 aromatic heterocycles. The molecule has 0 unspecified atom stereocenters. The summed E-state index contributed by atoms with van der Waals surface area (Å²) in [7, 11) is 0. The third kappa shape index (κ3) is 4.64. The molecular weight excluding hydrogens is 395 g/mol. The van der Waals surface area contributed by atoms with Gasteiger partial charge in [-0.3, -0.25) is 14.9 Å². The summed E-state index contributed by atoms with van der Waals surface area (Å²) in [6, 6.07) is 7.44. The highest BCUT2D eigenvalue weighted by Gasteiger charge is 2.13. The topological polar surface area (TPSA) is 81.5 Å². The van der Waals surface area contributed by atoms with E-state index in [4.69, 9.17) is 16.3 Å². The Hall–Kier alpha value is -2.19. The fraction of sp³-hybridized carbons (Fsp3) is 0.0714. The standard InChI is InChI=1S/C14H9BrClFN2O4/c15-10-5-8(17)1-4-13(10)23-7-14(20)18-12-6-9(19(21)22)2-3-11(12)16/h1-6H,7H2,(H,18,20). The molecule has 2 aromatic carbocycles. The lowest BCUT2D eigenvalue weighted by Crippen LogP contribution is -2.20. The van der Waals surface area contributed by atoms with E-state index in [0.717, 1.165) is 6.07 Å². The molecule has 0 aliphatic rings. The molecule has 0 saturated carbocycles. The number of nitrogens with zero attached hydrogens (tertiary/aromatic N) is 1. The summed E-state index contributed by atoms with van der Waals surface area (Å²) in [5.74, 6) is -0.729. The van der Waals surface area contributed by atoms with Gasteiger partial charge in [0.15, 0.2) is 6.61 Å². The van der Waals surface area contributed by atoms with Gasteiger partial charge in [-0.1, -0.05) is 11.6 Å². The van der Waals surface area contributed by atoms with E-state index in [0.29, 0.717) is 4.47 Å². The van der Waals surface area contributed by atoms with Gasteiger partial charge in [-0.25, -0.2) is 4.39 Å². The van der Waals surface area contributed by atoms with E-state index >= 15 is 0 Å². The van der Waals surface area contributed by atoms with Crippen LogP contribution < -0.4 is 10.1 Å². The van der Waals surface area contributed by atoms with Crippen LogP contribution in [0.2, 0.25) is 5.02 Å². The molecule has 0 fully saturated rings. The molecular formula is C14H9BrClFN2O4. The van der Waals surface area contributed by atoms with Gasteiger partial charge in [-0.15, -0.1) is 0 Å². The minimum Gasteiger partial charge on any atom is -0.483 e. The lowest BCUT2D eigenvalue weighted by Gasteiger charge is -2.10. The Labute approximate surface area is 143 Å². The van der Waals surface area contributed by atoms with Crippen molar-refractivity contribution >= 4 is 44.8 Å². The van der Waals surface area contributed by atoms with Crippen molar-refractivity contribution in [3.8, 4) is 5.75 Å². The number of nitro groups is 1. The number of benzene rings is 2. The fourth-order valence-corrected chi connectivity index (χ4v) is 2.27.